The van der Waals surface area contributed by atoms with E-state index in [1.807, 2.05) is 39.8 Å². The summed E-state index contributed by atoms with van der Waals surface area (Å²) in [5.74, 6) is -1.14. The second-order valence-corrected chi connectivity index (χ2v) is 7.25. The van der Waals surface area contributed by atoms with E-state index in [1.54, 1.807) is 18.2 Å². The molecule has 0 spiro atoms. The number of Topliss-reactive ketones (excluding diaryl/α,β-unsaturated/α-hetero) is 1. The number of amides is 1. The highest BCUT2D eigenvalue weighted by Gasteiger charge is 2.47. The lowest BCUT2D eigenvalue weighted by Crippen LogP contribution is -2.33. The largest absolute Gasteiger partial charge is 0.507 e. The number of ketones is 1. The van der Waals surface area contributed by atoms with Crippen LogP contribution in [0.2, 0.25) is 0 Å². The molecular weight excluding hydrogens is 358 g/mol. The van der Waals surface area contributed by atoms with Crippen LogP contribution in [0.5, 0.6) is 0 Å². The van der Waals surface area contributed by atoms with Crippen LogP contribution < -0.4 is 0 Å². The lowest BCUT2D eigenvalue weighted by atomic mass is 9.96. The Labute approximate surface area is 164 Å². The predicted molar refractivity (Wildman–Crippen MR) is 105 cm³/mol. The van der Waals surface area contributed by atoms with Crippen LogP contribution in [-0.4, -0.2) is 41.0 Å². The van der Waals surface area contributed by atoms with Gasteiger partial charge in [-0.2, -0.15) is 0 Å². The van der Waals surface area contributed by atoms with Crippen LogP contribution >= 0.6 is 0 Å². The lowest BCUT2D eigenvalue weighted by molar-refractivity contribution is -0.140. The zero-order valence-electron chi connectivity index (χ0n) is 16.6. The molecule has 1 fully saturated rings. The fraction of sp³-hybridized carbons (Fsp3) is 0.364. The van der Waals surface area contributed by atoms with Crippen LogP contribution in [0.3, 0.4) is 0 Å². The third-order valence-corrected chi connectivity index (χ3v) is 4.78. The summed E-state index contributed by atoms with van der Waals surface area (Å²) in [6.45, 7) is 8.06. The maximum absolute atomic E-state index is 12.8. The van der Waals surface area contributed by atoms with Crippen molar-refractivity contribution < 1.29 is 23.8 Å². The quantitative estimate of drug-likeness (QED) is 0.467. The first-order valence-electron chi connectivity index (χ1n) is 9.32. The Hall–Kier alpha value is -2.86. The molecule has 0 aliphatic carbocycles. The van der Waals surface area contributed by atoms with Gasteiger partial charge in [0.25, 0.3) is 11.7 Å². The molecule has 0 bridgehead atoms. The van der Waals surface area contributed by atoms with Gasteiger partial charge >= 0.3 is 0 Å². The summed E-state index contributed by atoms with van der Waals surface area (Å²) < 4.78 is 11.1. The van der Waals surface area contributed by atoms with Crippen molar-refractivity contribution in [1.82, 2.24) is 4.90 Å². The Bertz CT molecular complexity index is 911. The number of hydrogen-bond acceptors (Lipinski definition) is 5. The van der Waals surface area contributed by atoms with Crippen LogP contribution in [0.1, 0.15) is 42.3 Å². The van der Waals surface area contributed by atoms with Gasteiger partial charge in [-0.3, -0.25) is 9.59 Å². The number of benzene rings is 1. The van der Waals surface area contributed by atoms with E-state index in [0.29, 0.717) is 11.3 Å². The molecule has 0 saturated carbocycles. The highest BCUT2D eigenvalue weighted by Crippen LogP contribution is 2.39. The molecule has 1 aromatic carbocycles. The molecule has 1 aliphatic rings. The molecule has 148 valence electrons. The van der Waals surface area contributed by atoms with Crippen molar-refractivity contribution in [2.75, 3.05) is 13.2 Å². The molecule has 6 heteroatoms. The monoisotopic (exact) mass is 383 g/mol. The molecule has 1 unspecified atom stereocenters. The molecule has 3 rings (SSSR count). The van der Waals surface area contributed by atoms with Crippen LogP contribution in [0.15, 0.2) is 46.6 Å². The minimum Gasteiger partial charge on any atom is -0.507 e. The van der Waals surface area contributed by atoms with E-state index in [1.165, 1.54) is 11.2 Å². The van der Waals surface area contributed by atoms with Crippen LogP contribution in [0.25, 0.3) is 5.76 Å². The highest BCUT2D eigenvalue weighted by molar-refractivity contribution is 6.46. The van der Waals surface area contributed by atoms with Crippen molar-refractivity contribution in [3.05, 3.63) is 64.6 Å². The van der Waals surface area contributed by atoms with Gasteiger partial charge in [0, 0.05) is 12.1 Å². The molecule has 1 aliphatic heterocycles. The molecule has 28 heavy (non-hydrogen) atoms. The number of aryl methyl sites for hydroxylation is 2. The number of ether oxygens (including phenoxy) is 1. The number of likely N-dealkylation sites (tertiary alicyclic amines) is 1. The molecule has 0 radical (unpaired) electrons. The van der Waals surface area contributed by atoms with Gasteiger partial charge in [-0.25, -0.2) is 0 Å². The van der Waals surface area contributed by atoms with Gasteiger partial charge in [-0.05, 0) is 51.5 Å². The smallest absolute Gasteiger partial charge is 0.295 e. The molecule has 2 aromatic rings. The first-order chi connectivity index (χ1) is 13.3. The van der Waals surface area contributed by atoms with Crippen LogP contribution in [0, 0.1) is 13.8 Å². The van der Waals surface area contributed by atoms with Crippen LogP contribution in [0.4, 0.5) is 0 Å². The zero-order valence-corrected chi connectivity index (χ0v) is 16.6. The Morgan fingerprint density at radius 1 is 1.25 bits per heavy atom. The van der Waals surface area contributed by atoms with Gasteiger partial charge < -0.3 is 19.2 Å². The molecular formula is C22H25NO5. The van der Waals surface area contributed by atoms with E-state index in [4.69, 9.17) is 9.15 Å². The number of furan rings is 1. The van der Waals surface area contributed by atoms with Gasteiger partial charge in [0.05, 0.1) is 24.5 Å². The fourth-order valence-corrected chi connectivity index (χ4v) is 3.38. The standard InChI is InChI=1S/C22H25NO5/c1-13(2)27-11-9-23-19(17-6-5-10-28-17)18(21(25)22(23)26)20(24)16-12-14(3)7-8-15(16)4/h5-8,10,12-13,19,24H,9,11H2,1-4H3/b20-18-. The summed E-state index contributed by atoms with van der Waals surface area (Å²) in [6.07, 6.45) is 1.49. The Morgan fingerprint density at radius 2 is 2.00 bits per heavy atom. The molecule has 1 amide bonds. The molecule has 1 atom stereocenters. The van der Waals surface area contributed by atoms with Gasteiger partial charge in [0.15, 0.2) is 0 Å². The topological polar surface area (TPSA) is 80.0 Å². The molecule has 6 nitrogen and oxygen atoms in total. The van der Waals surface area contributed by atoms with Crippen molar-refractivity contribution in [1.29, 1.82) is 0 Å². The lowest BCUT2D eigenvalue weighted by Gasteiger charge is -2.23. The van der Waals surface area contributed by atoms with E-state index in [0.717, 1.165) is 11.1 Å². The first-order valence-corrected chi connectivity index (χ1v) is 9.32. The van der Waals surface area contributed by atoms with E-state index in [2.05, 4.69) is 0 Å². The maximum atomic E-state index is 12.8. The number of aliphatic hydroxyl groups excluding tert-OH is 1. The van der Waals surface area contributed by atoms with E-state index in [9.17, 15) is 14.7 Å². The Balaban J connectivity index is 2.09. The number of hydrogen-bond donors (Lipinski definition) is 1. The SMILES string of the molecule is Cc1ccc(C)c(/C(O)=C2/C(=O)C(=O)N(CCOC(C)C)C2c2ccco2)c1. The summed E-state index contributed by atoms with van der Waals surface area (Å²) in [5, 5.41) is 11.0. The number of carbonyl (C=O) groups is 2. The van der Waals surface area contributed by atoms with Crippen molar-refractivity contribution in [3.8, 4) is 0 Å². The van der Waals surface area contributed by atoms with E-state index in [-0.39, 0.29) is 30.6 Å². The summed E-state index contributed by atoms with van der Waals surface area (Å²) in [6, 6.07) is 8.21. The molecule has 1 aromatic heterocycles. The molecule has 1 N–H and O–H groups in total. The highest BCUT2D eigenvalue weighted by atomic mass is 16.5. The average molecular weight is 383 g/mol. The Morgan fingerprint density at radius 3 is 2.64 bits per heavy atom. The fourth-order valence-electron chi connectivity index (χ4n) is 3.38. The van der Waals surface area contributed by atoms with Crippen molar-refractivity contribution in [3.63, 3.8) is 0 Å². The number of rotatable bonds is 6. The maximum Gasteiger partial charge on any atom is 0.295 e. The zero-order chi connectivity index (χ0) is 20.4. The minimum absolute atomic E-state index is 0.00817. The minimum atomic E-state index is -0.786. The number of carbonyl (C=O) groups excluding carboxylic acids is 2. The van der Waals surface area contributed by atoms with Gasteiger partial charge in [0.2, 0.25) is 0 Å². The predicted octanol–water partition coefficient (Wildman–Crippen LogP) is 3.74. The van der Waals surface area contributed by atoms with Crippen molar-refractivity contribution in [2.45, 2.75) is 39.8 Å². The van der Waals surface area contributed by atoms with Gasteiger partial charge in [0.1, 0.15) is 17.6 Å². The summed E-state index contributed by atoms with van der Waals surface area (Å²) >= 11 is 0. The first kappa shape index (κ1) is 19.9. The summed E-state index contributed by atoms with van der Waals surface area (Å²) in [5.41, 5.74) is 2.34. The second kappa shape index (κ2) is 8.02. The van der Waals surface area contributed by atoms with E-state index >= 15 is 0 Å². The van der Waals surface area contributed by atoms with Gasteiger partial charge in [-0.1, -0.05) is 17.7 Å². The van der Waals surface area contributed by atoms with E-state index < -0.39 is 17.7 Å². The Kier molecular flexibility index (Phi) is 5.70. The summed E-state index contributed by atoms with van der Waals surface area (Å²) in [4.78, 5) is 27.0. The summed E-state index contributed by atoms with van der Waals surface area (Å²) in [7, 11) is 0. The van der Waals surface area contributed by atoms with Crippen LogP contribution in [-0.2, 0) is 14.3 Å². The second-order valence-electron chi connectivity index (χ2n) is 7.25. The van der Waals surface area contributed by atoms with Gasteiger partial charge in [-0.15, -0.1) is 0 Å². The van der Waals surface area contributed by atoms with Crippen molar-refractivity contribution in [2.24, 2.45) is 0 Å². The number of nitrogens with zero attached hydrogens (tertiary/aromatic N) is 1. The third-order valence-electron chi connectivity index (χ3n) is 4.78. The molecule has 1 saturated heterocycles. The van der Waals surface area contributed by atoms with Crippen molar-refractivity contribution >= 4 is 17.4 Å². The normalized spacial score (nSPS) is 19.0. The average Bonchev–Trinajstić information content (AvgIpc) is 3.25. The third kappa shape index (κ3) is 3.73. The molecule has 2 heterocycles. The number of aliphatic hydroxyl groups is 1.